The molecular formula is C23H19FN4O2S. The van der Waals surface area contributed by atoms with E-state index in [4.69, 9.17) is 5.73 Å². The Morgan fingerprint density at radius 1 is 1.13 bits per heavy atom. The number of benzene rings is 2. The van der Waals surface area contributed by atoms with Crippen LogP contribution in [0.5, 0.6) is 0 Å². The van der Waals surface area contributed by atoms with Gasteiger partial charge in [0.05, 0.1) is 16.3 Å². The van der Waals surface area contributed by atoms with Crippen LogP contribution >= 0.6 is 11.3 Å². The molecule has 0 saturated carbocycles. The van der Waals surface area contributed by atoms with E-state index in [2.05, 4.69) is 5.10 Å². The third-order valence-corrected chi connectivity index (χ3v) is 6.76. The zero-order valence-electron chi connectivity index (χ0n) is 16.7. The predicted octanol–water partition coefficient (Wildman–Crippen LogP) is 3.59. The van der Waals surface area contributed by atoms with Gasteiger partial charge < -0.3 is 10.6 Å². The predicted molar refractivity (Wildman–Crippen MR) is 117 cm³/mol. The highest BCUT2D eigenvalue weighted by Gasteiger charge is 2.34. The largest absolute Gasteiger partial charge is 0.368 e. The van der Waals surface area contributed by atoms with E-state index in [1.165, 1.54) is 23.5 Å². The van der Waals surface area contributed by atoms with Gasteiger partial charge in [0.15, 0.2) is 0 Å². The molecule has 0 bridgehead atoms. The lowest BCUT2D eigenvalue weighted by molar-refractivity contribution is -0.122. The Morgan fingerprint density at radius 3 is 2.55 bits per heavy atom. The fraction of sp³-hybridized carbons (Fsp3) is 0.174. The fourth-order valence-electron chi connectivity index (χ4n) is 4.04. The van der Waals surface area contributed by atoms with E-state index in [-0.39, 0.29) is 11.7 Å². The highest BCUT2D eigenvalue weighted by Crippen LogP contribution is 2.33. The van der Waals surface area contributed by atoms with E-state index < -0.39 is 11.9 Å². The number of carbonyl (C=O) groups excluding carboxylic acids is 2. The molecule has 2 aromatic heterocycles. The maximum absolute atomic E-state index is 13.4. The molecule has 0 fully saturated rings. The third-order valence-electron chi connectivity index (χ3n) is 5.66. The number of hydrogen-bond donors (Lipinski definition) is 1. The van der Waals surface area contributed by atoms with Gasteiger partial charge in [-0.15, -0.1) is 11.3 Å². The number of primary amides is 1. The minimum Gasteiger partial charge on any atom is -0.368 e. The number of nitrogens with two attached hydrogens (primary N) is 1. The van der Waals surface area contributed by atoms with Crippen LogP contribution in [0.4, 0.5) is 4.39 Å². The molecule has 1 aliphatic rings. The summed E-state index contributed by atoms with van der Waals surface area (Å²) in [5, 5.41) is 5.39. The number of aromatic nitrogens is 2. The molecule has 2 amide bonds. The maximum Gasteiger partial charge on any atom is 0.265 e. The van der Waals surface area contributed by atoms with Crippen molar-refractivity contribution in [2.45, 2.75) is 25.9 Å². The molecule has 0 aliphatic carbocycles. The number of amides is 2. The van der Waals surface area contributed by atoms with Crippen molar-refractivity contribution in [3.8, 4) is 5.69 Å². The third kappa shape index (κ3) is 3.29. The molecule has 2 N–H and O–H groups in total. The van der Waals surface area contributed by atoms with E-state index in [0.29, 0.717) is 23.5 Å². The van der Waals surface area contributed by atoms with Crippen LogP contribution in [0.3, 0.4) is 0 Å². The van der Waals surface area contributed by atoms with Crippen molar-refractivity contribution in [3.63, 3.8) is 0 Å². The van der Waals surface area contributed by atoms with Gasteiger partial charge in [-0.05, 0) is 48.4 Å². The van der Waals surface area contributed by atoms with Crippen LogP contribution < -0.4 is 5.73 Å². The van der Waals surface area contributed by atoms with Crippen molar-refractivity contribution in [1.82, 2.24) is 14.7 Å². The van der Waals surface area contributed by atoms with Gasteiger partial charge >= 0.3 is 0 Å². The highest BCUT2D eigenvalue weighted by atomic mass is 32.1. The van der Waals surface area contributed by atoms with Crippen molar-refractivity contribution in [1.29, 1.82) is 0 Å². The van der Waals surface area contributed by atoms with E-state index in [1.54, 1.807) is 21.7 Å². The lowest BCUT2D eigenvalue weighted by Crippen LogP contribution is -2.51. The van der Waals surface area contributed by atoms with E-state index in [1.807, 2.05) is 37.3 Å². The van der Waals surface area contributed by atoms with Gasteiger partial charge in [-0.25, -0.2) is 9.07 Å². The van der Waals surface area contributed by atoms with Gasteiger partial charge in [-0.3, -0.25) is 9.59 Å². The minimum absolute atomic E-state index is 0.232. The molecule has 1 atom stereocenters. The molecule has 4 aromatic rings. The summed E-state index contributed by atoms with van der Waals surface area (Å²) in [5.41, 5.74) is 9.18. The summed E-state index contributed by atoms with van der Waals surface area (Å²) >= 11 is 1.30. The summed E-state index contributed by atoms with van der Waals surface area (Å²) in [4.78, 5) is 28.4. The number of hydrogen-bond acceptors (Lipinski definition) is 4. The SMILES string of the molecule is Cc1nn(-c2ccc(F)cc2)c2sc(C(=O)N3Cc4ccccc4CC3C(N)=O)cc12. The van der Waals surface area contributed by atoms with Crippen LogP contribution in [0.25, 0.3) is 15.9 Å². The van der Waals surface area contributed by atoms with E-state index in [0.717, 1.165) is 27.0 Å². The summed E-state index contributed by atoms with van der Waals surface area (Å²) < 4.78 is 15.0. The van der Waals surface area contributed by atoms with Crippen LogP contribution in [-0.4, -0.2) is 32.5 Å². The van der Waals surface area contributed by atoms with Crippen molar-refractivity contribution in [2.75, 3.05) is 0 Å². The van der Waals surface area contributed by atoms with Crippen LogP contribution in [0.15, 0.2) is 54.6 Å². The zero-order valence-corrected chi connectivity index (χ0v) is 17.5. The molecule has 6 nitrogen and oxygen atoms in total. The number of halogens is 1. The summed E-state index contributed by atoms with van der Waals surface area (Å²) in [5.74, 6) is -1.07. The van der Waals surface area contributed by atoms with Gasteiger partial charge in [0.1, 0.15) is 16.7 Å². The Kier molecular flexibility index (Phi) is 4.59. The molecule has 156 valence electrons. The normalized spacial score (nSPS) is 15.8. The molecule has 8 heteroatoms. The molecule has 1 aliphatic heterocycles. The van der Waals surface area contributed by atoms with Crippen molar-refractivity contribution < 1.29 is 14.0 Å². The van der Waals surface area contributed by atoms with Crippen LogP contribution in [0, 0.1) is 12.7 Å². The lowest BCUT2D eigenvalue weighted by Gasteiger charge is -2.34. The van der Waals surface area contributed by atoms with Crippen molar-refractivity contribution in [3.05, 3.63) is 82.1 Å². The Labute approximate surface area is 181 Å². The number of nitrogens with zero attached hydrogens (tertiary/aromatic N) is 3. The van der Waals surface area contributed by atoms with Crippen molar-refractivity contribution >= 4 is 33.4 Å². The second-order valence-electron chi connectivity index (χ2n) is 7.63. The number of thiophene rings is 1. The second kappa shape index (κ2) is 7.31. The highest BCUT2D eigenvalue weighted by molar-refractivity contribution is 7.20. The maximum atomic E-state index is 13.4. The Morgan fingerprint density at radius 2 is 1.84 bits per heavy atom. The monoisotopic (exact) mass is 434 g/mol. The molecule has 5 rings (SSSR count). The Hall–Kier alpha value is -3.52. The summed E-state index contributed by atoms with van der Waals surface area (Å²) in [6, 6.07) is 14.9. The molecule has 31 heavy (non-hydrogen) atoms. The molecular weight excluding hydrogens is 415 g/mol. The number of carbonyl (C=O) groups is 2. The summed E-state index contributed by atoms with van der Waals surface area (Å²) in [6.45, 7) is 2.20. The number of aryl methyl sites for hydroxylation is 1. The van der Waals surface area contributed by atoms with E-state index in [9.17, 15) is 14.0 Å². The molecule has 0 spiro atoms. The second-order valence-corrected chi connectivity index (χ2v) is 8.66. The first-order valence-corrected chi connectivity index (χ1v) is 10.7. The Bertz CT molecular complexity index is 1330. The van der Waals surface area contributed by atoms with Gasteiger partial charge in [-0.2, -0.15) is 5.10 Å². The van der Waals surface area contributed by atoms with Gasteiger partial charge in [0.2, 0.25) is 5.91 Å². The van der Waals surface area contributed by atoms with Gasteiger partial charge in [-0.1, -0.05) is 24.3 Å². The number of rotatable bonds is 3. The summed E-state index contributed by atoms with van der Waals surface area (Å²) in [7, 11) is 0. The topological polar surface area (TPSA) is 81.2 Å². The smallest absolute Gasteiger partial charge is 0.265 e. The Balaban J connectivity index is 1.54. The molecule has 2 aromatic carbocycles. The average molecular weight is 434 g/mol. The first kappa shape index (κ1) is 19.4. The van der Waals surface area contributed by atoms with Crippen LogP contribution in [0.1, 0.15) is 26.5 Å². The molecule has 1 unspecified atom stereocenters. The van der Waals surface area contributed by atoms with Gasteiger partial charge in [0.25, 0.3) is 5.91 Å². The zero-order chi connectivity index (χ0) is 21.7. The fourth-order valence-corrected chi connectivity index (χ4v) is 5.18. The quantitative estimate of drug-likeness (QED) is 0.535. The van der Waals surface area contributed by atoms with Gasteiger partial charge in [0, 0.05) is 18.4 Å². The molecule has 0 radical (unpaired) electrons. The van der Waals surface area contributed by atoms with Crippen molar-refractivity contribution in [2.24, 2.45) is 5.73 Å². The number of fused-ring (bicyclic) bond motifs is 2. The summed E-state index contributed by atoms with van der Waals surface area (Å²) in [6.07, 6.45) is 0.407. The van der Waals surface area contributed by atoms with E-state index >= 15 is 0 Å². The lowest BCUT2D eigenvalue weighted by atomic mass is 9.93. The first-order valence-electron chi connectivity index (χ1n) is 9.84. The van der Waals surface area contributed by atoms with Crippen LogP contribution in [0.2, 0.25) is 0 Å². The molecule has 3 heterocycles. The molecule has 0 saturated heterocycles. The van der Waals surface area contributed by atoms with Crippen LogP contribution in [-0.2, 0) is 17.8 Å². The minimum atomic E-state index is -0.692. The first-order chi connectivity index (χ1) is 14.9. The average Bonchev–Trinajstić information content (AvgIpc) is 3.33. The standard InChI is InChI=1S/C23H19FN4O2S/c1-13-18-11-20(31-23(18)28(26-13)17-8-6-16(24)7-9-17)22(30)27-12-15-5-3-2-4-14(15)10-19(27)21(25)29/h2-9,11,19H,10,12H2,1H3,(H2,25,29).